The fourth-order valence-electron chi connectivity index (χ4n) is 3.51. The SMILES string of the molecule is CC[C@H](C(=O)NC)N(Cc1ccccc1Cl)C(=O)CCCN(c1ccc(F)cc1)S(C)(=O)=O. The minimum Gasteiger partial charge on any atom is -0.357 e. The molecule has 180 valence electrons. The summed E-state index contributed by atoms with van der Waals surface area (Å²) in [7, 11) is -2.13. The molecule has 7 nitrogen and oxygen atoms in total. The van der Waals surface area contributed by atoms with Crippen LogP contribution in [0.5, 0.6) is 0 Å². The summed E-state index contributed by atoms with van der Waals surface area (Å²) in [5, 5.41) is 3.08. The molecular formula is C23H29ClFN3O4S. The van der Waals surface area contributed by atoms with Crippen molar-refractivity contribution in [2.45, 2.75) is 38.8 Å². The van der Waals surface area contributed by atoms with E-state index in [1.165, 1.54) is 36.2 Å². The average molecular weight is 498 g/mol. The third kappa shape index (κ3) is 7.43. The van der Waals surface area contributed by atoms with Crippen molar-refractivity contribution in [1.82, 2.24) is 10.2 Å². The zero-order valence-electron chi connectivity index (χ0n) is 18.9. The van der Waals surface area contributed by atoms with Crippen LogP contribution in [0.4, 0.5) is 10.1 Å². The van der Waals surface area contributed by atoms with E-state index in [0.717, 1.165) is 10.6 Å². The van der Waals surface area contributed by atoms with Gasteiger partial charge in [0.15, 0.2) is 0 Å². The Morgan fingerprint density at radius 1 is 1.12 bits per heavy atom. The molecular weight excluding hydrogens is 469 g/mol. The lowest BCUT2D eigenvalue weighted by Crippen LogP contribution is -2.48. The van der Waals surface area contributed by atoms with Crippen LogP contribution in [-0.4, -0.2) is 51.0 Å². The average Bonchev–Trinajstić information content (AvgIpc) is 2.77. The van der Waals surface area contributed by atoms with Crippen LogP contribution in [0.1, 0.15) is 31.7 Å². The Bertz CT molecular complexity index is 1060. The zero-order chi connectivity index (χ0) is 24.6. The Labute approximate surface area is 199 Å². The predicted molar refractivity (Wildman–Crippen MR) is 128 cm³/mol. The lowest BCUT2D eigenvalue weighted by Gasteiger charge is -2.31. The first-order valence-electron chi connectivity index (χ1n) is 10.6. The maximum absolute atomic E-state index is 13.2. The molecule has 2 amide bonds. The van der Waals surface area contributed by atoms with Crippen molar-refractivity contribution in [3.8, 4) is 0 Å². The van der Waals surface area contributed by atoms with E-state index in [1.54, 1.807) is 24.3 Å². The quantitative estimate of drug-likeness (QED) is 0.514. The van der Waals surface area contributed by atoms with Gasteiger partial charge in [-0.15, -0.1) is 0 Å². The van der Waals surface area contributed by atoms with E-state index >= 15 is 0 Å². The molecule has 0 heterocycles. The van der Waals surface area contributed by atoms with Crippen LogP contribution in [-0.2, 0) is 26.2 Å². The van der Waals surface area contributed by atoms with Crippen molar-refractivity contribution in [1.29, 1.82) is 0 Å². The summed E-state index contributed by atoms with van der Waals surface area (Å²) in [6.45, 7) is 2.00. The maximum Gasteiger partial charge on any atom is 0.242 e. The third-order valence-corrected chi connectivity index (χ3v) is 6.76. The van der Waals surface area contributed by atoms with Gasteiger partial charge >= 0.3 is 0 Å². The second-order valence-corrected chi connectivity index (χ2v) is 9.88. The number of halogens is 2. The summed E-state index contributed by atoms with van der Waals surface area (Å²) in [5.74, 6) is -1.06. The highest BCUT2D eigenvalue weighted by Crippen LogP contribution is 2.22. The Hall–Kier alpha value is -2.65. The molecule has 0 aliphatic carbocycles. The molecule has 0 saturated carbocycles. The number of carbonyl (C=O) groups excluding carboxylic acids is 2. The topological polar surface area (TPSA) is 86.8 Å². The number of sulfonamides is 1. The molecule has 2 aromatic carbocycles. The first-order chi connectivity index (χ1) is 15.6. The summed E-state index contributed by atoms with van der Waals surface area (Å²) >= 11 is 6.27. The Balaban J connectivity index is 2.19. The van der Waals surface area contributed by atoms with Crippen LogP contribution >= 0.6 is 11.6 Å². The smallest absolute Gasteiger partial charge is 0.242 e. The predicted octanol–water partition coefficient (Wildman–Crippen LogP) is 3.58. The monoisotopic (exact) mass is 497 g/mol. The number of benzene rings is 2. The molecule has 1 atom stereocenters. The maximum atomic E-state index is 13.2. The van der Waals surface area contributed by atoms with E-state index in [1.807, 2.05) is 6.92 Å². The number of anilines is 1. The Morgan fingerprint density at radius 2 is 1.76 bits per heavy atom. The molecule has 0 radical (unpaired) electrons. The first-order valence-corrected chi connectivity index (χ1v) is 12.8. The Kier molecular flexibility index (Phi) is 9.67. The fraction of sp³-hybridized carbons (Fsp3) is 0.391. The van der Waals surface area contributed by atoms with Crippen LogP contribution < -0.4 is 9.62 Å². The van der Waals surface area contributed by atoms with Crippen LogP contribution in [0.3, 0.4) is 0 Å². The largest absolute Gasteiger partial charge is 0.357 e. The normalized spacial score (nSPS) is 12.2. The number of nitrogens with one attached hydrogen (secondary N) is 1. The van der Waals surface area contributed by atoms with Gasteiger partial charge in [-0.3, -0.25) is 13.9 Å². The van der Waals surface area contributed by atoms with Crippen LogP contribution in [0.25, 0.3) is 0 Å². The van der Waals surface area contributed by atoms with E-state index in [9.17, 15) is 22.4 Å². The van der Waals surface area contributed by atoms with Crippen LogP contribution in [0, 0.1) is 5.82 Å². The molecule has 0 spiro atoms. The highest BCUT2D eigenvalue weighted by atomic mass is 35.5. The molecule has 0 bridgehead atoms. The van der Waals surface area contributed by atoms with Crippen molar-refractivity contribution in [3.05, 3.63) is 64.9 Å². The molecule has 0 aromatic heterocycles. The van der Waals surface area contributed by atoms with E-state index < -0.39 is 21.9 Å². The van der Waals surface area contributed by atoms with E-state index in [4.69, 9.17) is 11.6 Å². The summed E-state index contributed by atoms with van der Waals surface area (Å²) in [4.78, 5) is 27.1. The number of amides is 2. The number of nitrogens with zero attached hydrogens (tertiary/aromatic N) is 2. The van der Waals surface area contributed by atoms with Gasteiger partial charge in [0.1, 0.15) is 11.9 Å². The van der Waals surface area contributed by atoms with Gasteiger partial charge in [-0.25, -0.2) is 12.8 Å². The minimum atomic E-state index is -3.64. The summed E-state index contributed by atoms with van der Waals surface area (Å²) < 4.78 is 38.9. The van der Waals surface area contributed by atoms with Crippen LogP contribution in [0.15, 0.2) is 48.5 Å². The van der Waals surface area contributed by atoms with Crippen molar-refractivity contribution in [2.24, 2.45) is 0 Å². The van der Waals surface area contributed by atoms with Gasteiger partial charge in [0, 0.05) is 31.6 Å². The lowest BCUT2D eigenvalue weighted by atomic mass is 10.1. The molecule has 2 aromatic rings. The van der Waals surface area contributed by atoms with Gasteiger partial charge in [-0.1, -0.05) is 36.7 Å². The second-order valence-electron chi connectivity index (χ2n) is 7.57. The lowest BCUT2D eigenvalue weighted by molar-refractivity contribution is -0.141. The highest BCUT2D eigenvalue weighted by molar-refractivity contribution is 7.92. The zero-order valence-corrected chi connectivity index (χ0v) is 20.5. The minimum absolute atomic E-state index is 0.0190. The standard InChI is InChI=1S/C23H29ClFN3O4S/c1-4-21(23(30)26-2)27(16-17-8-5-6-9-20(17)24)22(29)10-7-15-28(33(3,31)32)19-13-11-18(25)12-14-19/h5-6,8-9,11-14,21H,4,7,10,15-16H2,1-3H3,(H,26,30)/t21-/m1/s1. The number of likely N-dealkylation sites (N-methyl/N-ethyl adjacent to an activating group) is 1. The van der Waals surface area contributed by atoms with Gasteiger partial charge in [-0.2, -0.15) is 0 Å². The summed E-state index contributed by atoms with van der Waals surface area (Å²) in [6.07, 6.45) is 1.69. The van der Waals surface area contributed by atoms with E-state index in [0.29, 0.717) is 22.7 Å². The van der Waals surface area contributed by atoms with Gasteiger partial charge in [0.25, 0.3) is 0 Å². The van der Waals surface area contributed by atoms with Crippen molar-refractivity contribution in [3.63, 3.8) is 0 Å². The van der Waals surface area contributed by atoms with Crippen molar-refractivity contribution in [2.75, 3.05) is 24.2 Å². The number of carbonyl (C=O) groups is 2. The molecule has 0 aliphatic rings. The molecule has 2 rings (SSSR count). The summed E-state index contributed by atoms with van der Waals surface area (Å²) in [6, 6.07) is 11.5. The number of rotatable bonds is 11. The molecule has 0 fully saturated rings. The fourth-order valence-corrected chi connectivity index (χ4v) is 4.67. The highest BCUT2D eigenvalue weighted by Gasteiger charge is 2.28. The molecule has 0 saturated heterocycles. The van der Waals surface area contributed by atoms with Gasteiger partial charge in [-0.05, 0) is 48.7 Å². The van der Waals surface area contributed by atoms with Gasteiger partial charge in [0.05, 0.1) is 11.9 Å². The summed E-state index contributed by atoms with van der Waals surface area (Å²) in [5.41, 5.74) is 1.02. The van der Waals surface area contributed by atoms with Gasteiger partial charge < -0.3 is 10.2 Å². The Morgan fingerprint density at radius 3 is 2.30 bits per heavy atom. The molecule has 10 heteroatoms. The second kappa shape index (κ2) is 12.0. The van der Waals surface area contributed by atoms with Gasteiger partial charge in [0.2, 0.25) is 21.8 Å². The number of hydrogen-bond acceptors (Lipinski definition) is 4. The van der Waals surface area contributed by atoms with Crippen LogP contribution in [0.2, 0.25) is 5.02 Å². The van der Waals surface area contributed by atoms with Crippen molar-refractivity contribution < 1.29 is 22.4 Å². The molecule has 0 unspecified atom stereocenters. The third-order valence-electron chi connectivity index (χ3n) is 5.20. The number of hydrogen-bond donors (Lipinski definition) is 1. The van der Waals surface area contributed by atoms with E-state index in [2.05, 4.69) is 5.32 Å². The molecule has 1 N–H and O–H groups in total. The molecule has 33 heavy (non-hydrogen) atoms. The van der Waals surface area contributed by atoms with E-state index in [-0.39, 0.29) is 37.7 Å². The van der Waals surface area contributed by atoms with Crippen molar-refractivity contribution >= 4 is 39.1 Å². The molecule has 0 aliphatic heterocycles. The first kappa shape index (κ1) is 26.6.